The summed E-state index contributed by atoms with van der Waals surface area (Å²) in [5.74, 6) is 0.946. The Morgan fingerprint density at radius 3 is 1.82 bits per heavy atom. The largest absolute Gasteiger partial charge is 0.508 e. The molecule has 0 amide bonds. The molecular weight excluding hydrogens is 416 g/mol. The fraction of sp³-hybridized carbons (Fsp3) is 0.100. The summed E-state index contributed by atoms with van der Waals surface area (Å²) < 4.78 is 48.8. The van der Waals surface area contributed by atoms with E-state index in [1.54, 1.807) is 24.3 Å². The minimum atomic E-state index is -4.39. The van der Waals surface area contributed by atoms with Gasteiger partial charge in [0.1, 0.15) is 23.9 Å². The zero-order chi connectivity index (χ0) is 20.3. The monoisotopic (exact) mass is 428 g/mol. The third kappa shape index (κ3) is 5.03. The van der Waals surface area contributed by atoms with Gasteiger partial charge in [0, 0.05) is 12.1 Å². The summed E-state index contributed by atoms with van der Waals surface area (Å²) in [5.41, 5.74) is 0.0545. The van der Waals surface area contributed by atoms with E-state index < -0.39 is 11.7 Å². The van der Waals surface area contributed by atoms with Crippen molar-refractivity contribution in [2.45, 2.75) is 12.8 Å². The zero-order valence-corrected chi connectivity index (χ0v) is 15.6. The predicted octanol–water partition coefficient (Wildman–Crippen LogP) is 7.09. The lowest BCUT2D eigenvalue weighted by atomic mass is 10.2. The molecule has 3 aromatic rings. The number of phenols is 1. The third-order valence-electron chi connectivity index (χ3n) is 3.71. The SMILES string of the molecule is Oc1cc(Cl)c(OCc2ccc(Oc3ccc(C(F)(F)F)cc3)cc2)c(Cl)c1. The molecule has 0 aromatic heterocycles. The number of ether oxygens (including phenoxy) is 2. The lowest BCUT2D eigenvalue weighted by molar-refractivity contribution is -0.137. The maximum absolute atomic E-state index is 12.6. The number of benzene rings is 3. The Hall–Kier alpha value is -2.57. The maximum atomic E-state index is 12.6. The fourth-order valence-electron chi connectivity index (χ4n) is 2.34. The standard InChI is InChI=1S/C20H13Cl2F3O3/c21-17-9-14(26)10-18(22)19(17)27-11-12-1-5-15(6-2-12)28-16-7-3-13(4-8-16)20(23,24)25/h1-10,26H,11H2. The van der Waals surface area contributed by atoms with Crippen molar-refractivity contribution in [3.8, 4) is 23.0 Å². The summed E-state index contributed by atoms with van der Waals surface area (Å²) in [6.45, 7) is 0.171. The van der Waals surface area contributed by atoms with Crippen LogP contribution in [0.5, 0.6) is 23.0 Å². The van der Waals surface area contributed by atoms with Gasteiger partial charge in [0.05, 0.1) is 15.6 Å². The molecule has 28 heavy (non-hydrogen) atoms. The minimum Gasteiger partial charge on any atom is -0.508 e. The van der Waals surface area contributed by atoms with Crippen molar-refractivity contribution in [3.05, 3.63) is 81.8 Å². The molecule has 0 heterocycles. The van der Waals surface area contributed by atoms with Gasteiger partial charge in [-0.2, -0.15) is 13.2 Å². The van der Waals surface area contributed by atoms with Crippen LogP contribution < -0.4 is 9.47 Å². The van der Waals surface area contributed by atoms with Gasteiger partial charge in [0.25, 0.3) is 0 Å². The molecule has 0 saturated heterocycles. The van der Waals surface area contributed by atoms with Crippen LogP contribution >= 0.6 is 23.2 Å². The first-order valence-corrected chi connectivity index (χ1v) is 8.73. The first kappa shape index (κ1) is 20.2. The van der Waals surface area contributed by atoms with Crippen LogP contribution in [0.15, 0.2) is 60.7 Å². The molecule has 3 rings (SSSR count). The van der Waals surface area contributed by atoms with Gasteiger partial charge in [-0.25, -0.2) is 0 Å². The van der Waals surface area contributed by atoms with E-state index in [0.717, 1.165) is 17.7 Å². The number of halogens is 5. The second-order valence-corrected chi connectivity index (χ2v) is 6.61. The smallest absolute Gasteiger partial charge is 0.416 e. The van der Waals surface area contributed by atoms with Gasteiger partial charge < -0.3 is 14.6 Å². The van der Waals surface area contributed by atoms with Crippen molar-refractivity contribution in [2.75, 3.05) is 0 Å². The van der Waals surface area contributed by atoms with Crippen LogP contribution in [-0.4, -0.2) is 5.11 Å². The Kier molecular flexibility index (Phi) is 5.91. The van der Waals surface area contributed by atoms with E-state index in [1.807, 2.05) is 0 Å². The first-order chi connectivity index (χ1) is 13.2. The molecule has 1 N–H and O–H groups in total. The molecule has 3 nitrogen and oxygen atoms in total. The van der Waals surface area contributed by atoms with Gasteiger partial charge in [0.15, 0.2) is 5.75 Å². The summed E-state index contributed by atoms with van der Waals surface area (Å²) in [4.78, 5) is 0. The van der Waals surface area contributed by atoms with Crippen LogP contribution in [0.3, 0.4) is 0 Å². The molecule has 0 spiro atoms. The van der Waals surface area contributed by atoms with E-state index in [1.165, 1.54) is 24.3 Å². The van der Waals surface area contributed by atoms with Gasteiger partial charge >= 0.3 is 6.18 Å². The van der Waals surface area contributed by atoms with E-state index in [0.29, 0.717) is 11.5 Å². The van der Waals surface area contributed by atoms with Gasteiger partial charge in [-0.3, -0.25) is 0 Å². The molecule has 0 aliphatic carbocycles. The molecule has 0 saturated carbocycles. The predicted molar refractivity (Wildman–Crippen MR) is 100 cm³/mol. The summed E-state index contributed by atoms with van der Waals surface area (Å²) in [7, 11) is 0. The molecule has 0 aliphatic heterocycles. The number of rotatable bonds is 5. The maximum Gasteiger partial charge on any atom is 0.416 e. The van der Waals surface area contributed by atoms with Gasteiger partial charge in [-0.15, -0.1) is 0 Å². The Balaban J connectivity index is 1.62. The van der Waals surface area contributed by atoms with Gasteiger partial charge in [0.2, 0.25) is 0 Å². The topological polar surface area (TPSA) is 38.7 Å². The highest BCUT2D eigenvalue weighted by Crippen LogP contribution is 2.37. The second kappa shape index (κ2) is 8.20. The van der Waals surface area contributed by atoms with E-state index in [-0.39, 0.29) is 28.2 Å². The Labute approximate surface area is 168 Å². The fourth-order valence-corrected chi connectivity index (χ4v) is 2.93. The molecule has 0 unspecified atom stereocenters. The van der Waals surface area contributed by atoms with Crippen molar-refractivity contribution >= 4 is 23.2 Å². The normalized spacial score (nSPS) is 11.3. The lowest BCUT2D eigenvalue weighted by Crippen LogP contribution is -2.04. The molecule has 8 heteroatoms. The average molecular weight is 429 g/mol. The first-order valence-electron chi connectivity index (χ1n) is 7.97. The zero-order valence-electron chi connectivity index (χ0n) is 14.1. The van der Waals surface area contributed by atoms with Crippen molar-refractivity contribution in [1.82, 2.24) is 0 Å². The van der Waals surface area contributed by atoms with Crippen LogP contribution in [0.4, 0.5) is 13.2 Å². The number of phenolic OH excluding ortho intramolecular Hbond substituents is 1. The van der Waals surface area contributed by atoms with E-state index in [4.69, 9.17) is 32.7 Å². The summed E-state index contributed by atoms with van der Waals surface area (Å²) >= 11 is 12.0. The summed E-state index contributed by atoms with van der Waals surface area (Å²) in [5, 5.41) is 9.79. The van der Waals surface area contributed by atoms with E-state index in [2.05, 4.69) is 0 Å². The molecule has 0 fully saturated rings. The average Bonchev–Trinajstić information content (AvgIpc) is 2.62. The minimum absolute atomic E-state index is 0.0629. The molecular formula is C20H13Cl2F3O3. The van der Waals surface area contributed by atoms with Crippen molar-refractivity contribution in [1.29, 1.82) is 0 Å². The number of hydrogen-bond donors (Lipinski definition) is 1. The van der Waals surface area contributed by atoms with Crippen molar-refractivity contribution in [2.24, 2.45) is 0 Å². The quantitative estimate of drug-likeness (QED) is 0.471. The van der Waals surface area contributed by atoms with Gasteiger partial charge in [-0.05, 0) is 42.0 Å². The van der Waals surface area contributed by atoms with Crippen molar-refractivity contribution in [3.63, 3.8) is 0 Å². The number of hydrogen-bond acceptors (Lipinski definition) is 3. The molecule has 0 atom stereocenters. The Morgan fingerprint density at radius 2 is 1.32 bits per heavy atom. The summed E-state index contributed by atoms with van der Waals surface area (Å²) in [6.07, 6.45) is -4.39. The highest BCUT2D eigenvalue weighted by Gasteiger charge is 2.30. The molecule has 0 radical (unpaired) electrons. The van der Waals surface area contributed by atoms with Crippen LogP contribution in [0.1, 0.15) is 11.1 Å². The van der Waals surface area contributed by atoms with Crippen LogP contribution in [-0.2, 0) is 12.8 Å². The Bertz CT molecular complexity index is 933. The highest BCUT2D eigenvalue weighted by atomic mass is 35.5. The molecule has 146 valence electrons. The van der Waals surface area contributed by atoms with Crippen LogP contribution in [0.25, 0.3) is 0 Å². The van der Waals surface area contributed by atoms with E-state index >= 15 is 0 Å². The second-order valence-electron chi connectivity index (χ2n) is 5.80. The third-order valence-corrected chi connectivity index (χ3v) is 4.27. The lowest BCUT2D eigenvalue weighted by Gasteiger charge is -2.11. The van der Waals surface area contributed by atoms with Crippen LogP contribution in [0, 0.1) is 0 Å². The number of aromatic hydroxyl groups is 1. The molecule has 3 aromatic carbocycles. The number of alkyl halides is 3. The van der Waals surface area contributed by atoms with Gasteiger partial charge in [-0.1, -0.05) is 35.3 Å². The van der Waals surface area contributed by atoms with Crippen LogP contribution in [0.2, 0.25) is 10.0 Å². The summed E-state index contributed by atoms with van der Waals surface area (Å²) in [6, 6.07) is 13.9. The highest BCUT2D eigenvalue weighted by molar-refractivity contribution is 6.37. The molecule has 0 bridgehead atoms. The van der Waals surface area contributed by atoms with Crippen molar-refractivity contribution < 1.29 is 27.8 Å². The Morgan fingerprint density at radius 1 is 0.821 bits per heavy atom. The van der Waals surface area contributed by atoms with E-state index in [9.17, 15) is 18.3 Å². The molecule has 0 aliphatic rings.